The van der Waals surface area contributed by atoms with Gasteiger partial charge < -0.3 is 15.2 Å². The summed E-state index contributed by atoms with van der Waals surface area (Å²) in [6.07, 6.45) is 0.296. The summed E-state index contributed by atoms with van der Waals surface area (Å²) in [5.74, 6) is -1.77. The zero-order valence-corrected chi connectivity index (χ0v) is 13.0. The van der Waals surface area contributed by atoms with E-state index in [9.17, 15) is 14.0 Å². The zero-order valence-electron chi connectivity index (χ0n) is 13.0. The van der Waals surface area contributed by atoms with Crippen LogP contribution in [-0.2, 0) is 11.2 Å². The Morgan fingerprint density at radius 1 is 1.45 bits per heavy atom. The van der Waals surface area contributed by atoms with Gasteiger partial charge in [-0.1, -0.05) is 0 Å². The van der Waals surface area contributed by atoms with Crippen LogP contribution in [0.5, 0.6) is 0 Å². The van der Waals surface area contributed by atoms with E-state index in [2.05, 4.69) is 15.5 Å². The van der Waals surface area contributed by atoms with Crippen molar-refractivity contribution >= 4 is 12.1 Å². The van der Waals surface area contributed by atoms with Crippen LogP contribution in [-0.4, -0.2) is 39.5 Å². The van der Waals surface area contributed by atoms with Gasteiger partial charge in [0.1, 0.15) is 17.1 Å². The molecule has 8 heteroatoms. The van der Waals surface area contributed by atoms with E-state index in [0.717, 1.165) is 6.08 Å². The molecule has 0 spiro atoms. The molecular formula is C14H20FN3O4. The maximum Gasteiger partial charge on any atom is 0.407 e. The second-order valence-electron chi connectivity index (χ2n) is 5.68. The lowest BCUT2D eigenvalue weighted by Gasteiger charge is -2.19. The lowest BCUT2D eigenvalue weighted by atomic mass is 10.1. The van der Waals surface area contributed by atoms with E-state index in [1.165, 1.54) is 0 Å². The van der Waals surface area contributed by atoms with Crippen LogP contribution in [0.4, 0.5) is 9.18 Å². The third-order valence-electron chi connectivity index (χ3n) is 2.60. The highest BCUT2D eigenvalue weighted by Crippen LogP contribution is 2.16. The first-order valence-electron chi connectivity index (χ1n) is 6.68. The molecule has 0 aliphatic heterocycles. The van der Waals surface area contributed by atoms with Gasteiger partial charge in [0.05, 0.1) is 5.69 Å². The standard InChI is InChI=1S/C14H20FN3O4/c1-8-10(11(12(19)20)18-17-8)7-9(15)5-6-16-13(21)22-14(2,3)4/h5H,6-7H2,1-4H3,(H,16,21)(H,17,18)(H,19,20)/b9-5-. The molecule has 0 radical (unpaired) electrons. The number of aryl methyl sites for hydroxylation is 1. The van der Waals surface area contributed by atoms with Gasteiger partial charge in [0.25, 0.3) is 0 Å². The van der Waals surface area contributed by atoms with Crippen molar-refractivity contribution in [2.45, 2.75) is 39.7 Å². The summed E-state index contributed by atoms with van der Waals surface area (Å²) >= 11 is 0. The van der Waals surface area contributed by atoms with Crippen LogP contribution < -0.4 is 5.32 Å². The summed E-state index contributed by atoms with van der Waals surface area (Å²) in [5.41, 5.74) is -0.0721. The van der Waals surface area contributed by atoms with Gasteiger partial charge >= 0.3 is 12.1 Å². The Bertz CT molecular complexity index is 587. The number of ether oxygens (including phenoxy) is 1. The molecule has 22 heavy (non-hydrogen) atoms. The van der Waals surface area contributed by atoms with Gasteiger partial charge in [0, 0.05) is 18.5 Å². The summed E-state index contributed by atoms with van der Waals surface area (Å²) in [4.78, 5) is 22.3. The Kier molecular flexibility index (Phi) is 5.67. The number of carboxylic acid groups (broad SMARTS) is 1. The first-order chi connectivity index (χ1) is 10.1. The van der Waals surface area contributed by atoms with E-state index in [-0.39, 0.29) is 24.2 Å². The number of halogens is 1. The number of rotatable bonds is 5. The topological polar surface area (TPSA) is 104 Å². The zero-order chi connectivity index (χ0) is 16.9. The number of hydrogen-bond acceptors (Lipinski definition) is 4. The van der Waals surface area contributed by atoms with Crippen molar-refractivity contribution in [1.82, 2.24) is 15.5 Å². The van der Waals surface area contributed by atoms with Crippen LogP contribution in [0.15, 0.2) is 11.9 Å². The Hall–Kier alpha value is -2.38. The minimum atomic E-state index is -1.20. The van der Waals surface area contributed by atoms with Gasteiger partial charge in [-0.2, -0.15) is 5.10 Å². The fraction of sp³-hybridized carbons (Fsp3) is 0.500. The highest BCUT2D eigenvalue weighted by Gasteiger charge is 2.18. The summed E-state index contributed by atoms with van der Waals surface area (Å²) in [5, 5.41) is 17.4. The molecular weight excluding hydrogens is 293 g/mol. The SMILES string of the molecule is Cc1n[nH]c(C(=O)O)c1C/C(F)=C/CNC(=O)OC(C)(C)C. The predicted octanol–water partition coefficient (Wildman–Crippen LogP) is 2.34. The number of aromatic amines is 1. The molecule has 1 aromatic rings. The number of alkyl carbamates (subject to hydrolysis) is 1. The van der Waals surface area contributed by atoms with Gasteiger partial charge in [-0.3, -0.25) is 5.10 Å². The molecule has 1 rings (SSSR count). The number of aromatic carboxylic acids is 1. The van der Waals surface area contributed by atoms with Crippen molar-refractivity contribution < 1.29 is 23.8 Å². The highest BCUT2D eigenvalue weighted by atomic mass is 19.1. The quantitative estimate of drug-likeness (QED) is 0.774. The van der Waals surface area contributed by atoms with Crippen LogP contribution in [0.1, 0.15) is 42.5 Å². The lowest BCUT2D eigenvalue weighted by molar-refractivity contribution is 0.0533. The number of nitrogens with zero attached hydrogens (tertiary/aromatic N) is 1. The van der Waals surface area contributed by atoms with Crippen LogP contribution in [0.3, 0.4) is 0 Å². The van der Waals surface area contributed by atoms with E-state index in [1.54, 1.807) is 27.7 Å². The molecule has 0 unspecified atom stereocenters. The van der Waals surface area contributed by atoms with E-state index < -0.39 is 23.5 Å². The van der Waals surface area contributed by atoms with Crippen molar-refractivity contribution in [3.05, 3.63) is 28.9 Å². The molecule has 122 valence electrons. The van der Waals surface area contributed by atoms with E-state index in [1.807, 2.05) is 0 Å². The molecule has 1 aromatic heterocycles. The molecule has 0 aromatic carbocycles. The number of aromatic nitrogens is 2. The number of carbonyl (C=O) groups excluding carboxylic acids is 1. The summed E-state index contributed by atoms with van der Waals surface area (Å²) in [6.45, 7) is 6.69. The monoisotopic (exact) mass is 313 g/mol. The van der Waals surface area contributed by atoms with Gasteiger partial charge in [-0.05, 0) is 33.8 Å². The van der Waals surface area contributed by atoms with Gasteiger partial charge in [0.2, 0.25) is 0 Å². The average molecular weight is 313 g/mol. The summed E-state index contributed by atoms with van der Waals surface area (Å²) < 4.78 is 18.8. The molecule has 0 saturated carbocycles. The van der Waals surface area contributed by atoms with E-state index in [4.69, 9.17) is 9.84 Å². The van der Waals surface area contributed by atoms with Crippen LogP contribution in [0.2, 0.25) is 0 Å². The Morgan fingerprint density at radius 2 is 2.09 bits per heavy atom. The molecule has 0 atom stereocenters. The molecule has 0 aliphatic rings. The largest absolute Gasteiger partial charge is 0.477 e. The van der Waals surface area contributed by atoms with Crippen LogP contribution in [0.25, 0.3) is 0 Å². The first-order valence-corrected chi connectivity index (χ1v) is 6.68. The Balaban J connectivity index is 2.59. The fourth-order valence-corrected chi connectivity index (χ4v) is 1.65. The van der Waals surface area contributed by atoms with Crippen LogP contribution >= 0.6 is 0 Å². The molecule has 1 amide bonds. The van der Waals surface area contributed by atoms with Gasteiger partial charge in [-0.25, -0.2) is 14.0 Å². The first kappa shape index (κ1) is 17.7. The number of carbonyl (C=O) groups is 2. The molecule has 7 nitrogen and oxygen atoms in total. The number of amides is 1. The third kappa shape index (κ3) is 5.55. The van der Waals surface area contributed by atoms with Crippen molar-refractivity contribution in [3.8, 4) is 0 Å². The van der Waals surface area contributed by atoms with Gasteiger partial charge in [-0.15, -0.1) is 0 Å². The van der Waals surface area contributed by atoms with E-state index in [0.29, 0.717) is 5.69 Å². The Labute approximate surface area is 127 Å². The van der Waals surface area contributed by atoms with Gasteiger partial charge in [0.15, 0.2) is 0 Å². The maximum absolute atomic E-state index is 13.8. The Morgan fingerprint density at radius 3 is 2.64 bits per heavy atom. The molecule has 0 aliphatic carbocycles. The summed E-state index contributed by atoms with van der Waals surface area (Å²) in [7, 11) is 0. The molecule has 3 N–H and O–H groups in total. The molecule has 0 fully saturated rings. The predicted molar refractivity (Wildman–Crippen MR) is 77.4 cm³/mol. The number of nitrogens with one attached hydrogen (secondary N) is 2. The second kappa shape index (κ2) is 7.06. The second-order valence-corrected chi connectivity index (χ2v) is 5.68. The number of hydrogen-bond donors (Lipinski definition) is 3. The third-order valence-corrected chi connectivity index (χ3v) is 2.60. The maximum atomic E-state index is 13.8. The molecule has 0 saturated heterocycles. The van der Waals surface area contributed by atoms with Crippen LogP contribution in [0, 0.1) is 6.92 Å². The lowest BCUT2D eigenvalue weighted by Crippen LogP contribution is -2.32. The van der Waals surface area contributed by atoms with Crippen molar-refractivity contribution in [2.24, 2.45) is 0 Å². The normalized spacial score (nSPS) is 12.1. The van der Waals surface area contributed by atoms with Crippen molar-refractivity contribution in [2.75, 3.05) is 6.54 Å². The minimum absolute atomic E-state index is 0.0555. The minimum Gasteiger partial charge on any atom is -0.477 e. The van der Waals surface area contributed by atoms with Crippen molar-refractivity contribution in [3.63, 3.8) is 0 Å². The fourth-order valence-electron chi connectivity index (χ4n) is 1.65. The molecule has 0 bridgehead atoms. The highest BCUT2D eigenvalue weighted by molar-refractivity contribution is 5.87. The smallest absolute Gasteiger partial charge is 0.407 e. The van der Waals surface area contributed by atoms with E-state index >= 15 is 0 Å². The van der Waals surface area contributed by atoms with Crippen molar-refractivity contribution in [1.29, 1.82) is 0 Å². The number of allylic oxidation sites excluding steroid dienone is 1. The number of H-pyrrole nitrogens is 1. The average Bonchev–Trinajstić information content (AvgIpc) is 2.68. The summed E-state index contributed by atoms with van der Waals surface area (Å²) in [6, 6.07) is 0. The number of carboxylic acids is 1. The molecule has 1 heterocycles.